The smallest absolute Gasteiger partial charge is 0.254 e. The lowest BCUT2D eigenvalue weighted by Crippen LogP contribution is -2.61. The average Bonchev–Trinajstić information content (AvgIpc) is 3.50. The standard InChI is InChI=1S/C34H41N3O5/c1-5-36-18-16-33(32(35)39,25-12-8-6-9-13-25)22-29(36)34(26-14-10-7-11-15-26)17-19-37(23-34)31(38)24-20-27(40-2)30(42-4)28(21-24)41-3/h6-15,20-21,29H,5,16-19,22-23H2,1-4H3,(H2,35,39). The highest BCUT2D eigenvalue weighted by atomic mass is 16.5. The van der Waals surface area contributed by atoms with Gasteiger partial charge in [0.15, 0.2) is 11.5 Å². The number of benzene rings is 3. The van der Waals surface area contributed by atoms with Gasteiger partial charge >= 0.3 is 0 Å². The minimum atomic E-state index is -0.784. The normalized spacial score (nSPS) is 24.3. The largest absolute Gasteiger partial charge is 0.493 e. The first-order chi connectivity index (χ1) is 20.3. The zero-order valence-electron chi connectivity index (χ0n) is 25.0. The van der Waals surface area contributed by atoms with Crippen molar-refractivity contribution in [2.24, 2.45) is 5.73 Å². The predicted octanol–water partition coefficient (Wildman–Crippen LogP) is 4.40. The molecular weight excluding hydrogens is 530 g/mol. The Morgan fingerprint density at radius 2 is 1.45 bits per heavy atom. The highest BCUT2D eigenvalue weighted by Gasteiger charge is 2.55. The number of rotatable bonds is 9. The monoisotopic (exact) mass is 571 g/mol. The highest BCUT2D eigenvalue weighted by Crippen LogP contribution is 2.49. The maximum absolute atomic E-state index is 14.1. The predicted molar refractivity (Wildman–Crippen MR) is 162 cm³/mol. The lowest BCUT2D eigenvalue weighted by atomic mass is 9.61. The van der Waals surface area contributed by atoms with Crippen LogP contribution in [0, 0.1) is 0 Å². The van der Waals surface area contributed by atoms with Crippen molar-refractivity contribution in [3.8, 4) is 17.2 Å². The molecule has 2 aliphatic heterocycles. The van der Waals surface area contributed by atoms with Gasteiger partial charge in [-0.3, -0.25) is 14.5 Å². The summed E-state index contributed by atoms with van der Waals surface area (Å²) in [7, 11) is 4.63. The van der Waals surface area contributed by atoms with E-state index in [1.54, 1.807) is 33.5 Å². The summed E-state index contributed by atoms with van der Waals surface area (Å²) >= 11 is 0. The van der Waals surface area contributed by atoms with Crippen molar-refractivity contribution in [2.45, 2.75) is 43.1 Å². The Labute approximate surface area is 248 Å². The van der Waals surface area contributed by atoms with Crippen LogP contribution in [0.4, 0.5) is 0 Å². The van der Waals surface area contributed by atoms with Crippen molar-refractivity contribution in [1.82, 2.24) is 9.80 Å². The van der Waals surface area contributed by atoms with Crippen LogP contribution in [0.2, 0.25) is 0 Å². The Balaban J connectivity index is 1.57. The van der Waals surface area contributed by atoms with E-state index < -0.39 is 10.8 Å². The lowest BCUT2D eigenvalue weighted by Gasteiger charge is -2.52. The third-order valence-corrected chi connectivity index (χ3v) is 9.50. The molecule has 8 heteroatoms. The van der Waals surface area contributed by atoms with E-state index in [-0.39, 0.29) is 17.9 Å². The number of likely N-dealkylation sites (N-methyl/N-ethyl adjacent to an activating group) is 1. The summed E-state index contributed by atoms with van der Waals surface area (Å²) in [6.07, 6.45) is 2.01. The summed E-state index contributed by atoms with van der Waals surface area (Å²) < 4.78 is 16.5. The number of carbonyl (C=O) groups excluding carboxylic acids is 2. The number of hydrogen-bond acceptors (Lipinski definition) is 6. The SMILES string of the molecule is CCN1CCC(C(N)=O)(c2ccccc2)CC1C1(c2ccccc2)CCN(C(=O)c2cc(OC)c(OC)c(OC)c2)C1. The lowest BCUT2D eigenvalue weighted by molar-refractivity contribution is -0.127. The molecule has 3 atom stereocenters. The van der Waals surface area contributed by atoms with Gasteiger partial charge in [-0.1, -0.05) is 67.6 Å². The van der Waals surface area contributed by atoms with Gasteiger partial charge in [-0.2, -0.15) is 0 Å². The van der Waals surface area contributed by atoms with Gasteiger partial charge in [0, 0.05) is 30.1 Å². The molecule has 2 fully saturated rings. The van der Waals surface area contributed by atoms with Crippen LogP contribution in [0.15, 0.2) is 72.8 Å². The number of nitrogens with two attached hydrogens (primary N) is 1. The van der Waals surface area contributed by atoms with Gasteiger partial charge in [0.2, 0.25) is 11.7 Å². The fourth-order valence-corrected chi connectivity index (χ4v) is 7.22. The van der Waals surface area contributed by atoms with E-state index in [0.717, 1.165) is 25.1 Å². The fourth-order valence-electron chi connectivity index (χ4n) is 7.22. The number of piperidine rings is 1. The van der Waals surface area contributed by atoms with Crippen LogP contribution in [0.3, 0.4) is 0 Å². The van der Waals surface area contributed by atoms with Crippen LogP contribution in [-0.4, -0.2) is 75.2 Å². The van der Waals surface area contributed by atoms with Crippen LogP contribution in [0.5, 0.6) is 17.2 Å². The number of carbonyl (C=O) groups is 2. The van der Waals surface area contributed by atoms with Crippen LogP contribution in [0.25, 0.3) is 0 Å². The van der Waals surface area contributed by atoms with Gasteiger partial charge in [-0.15, -0.1) is 0 Å². The van der Waals surface area contributed by atoms with Gasteiger partial charge in [0.05, 0.1) is 26.7 Å². The molecule has 3 unspecified atom stereocenters. The molecule has 2 saturated heterocycles. The fraction of sp³-hybridized carbons (Fsp3) is 0.412. The number of hydrogen-bond donors (Lipinski definition) is 1. The molecule has 3 aromatic rings. The van der Waals surface area contributed by atoms with Crippen LogP contribution < -0.4 is 19.9 Å². The Bertz CT molecular complexity index is 1390. The molecule has 0 radical (unpaired) electrons. The Hall–Kier alpha value is -4.04. The van der Waals surface area contributed by atoms with Gasteiger partial charge in [-0.25, -0.2) is 0 Å². The minimum Gasteiger partial charge on any atom is -0.493 e. The maximum Gasteiger partial charge on any atom is 0.254 e. The van der Waals surface area contributed by atoms with Crippen molar-refractivity contribution in [2.75, 3.05) is 47.5 Å². The molecule has 8 nitrogen and oxygen atoms in total. The number of amides is 2. The maximum atomic E-state index is 14.1. The molecule has 5 rings (SSSR count). The van der Waals surface area contributed by atoms with Crippen molar-refractivity contribution >= 4 is 11.8 Å². The topological polar surface area (TPSA) is 94.3 Å². The van der Waals surface area contributed by atoms with E-state index in [1.807, 2.05) is 41.3 Å². The molecule has 0 spiro atoms. The van der Waals surface area contributed by atoms with Crippen molar-refractivity contribution < 1.29 is 23.8 Å². The van der Waals surface area contributed by atoms with Gasteiger partial charge in [-0.05, 0) is 55.6 Å². The van der Waals surface area contributed by atoms with Gasteiger partial charge in [0.1, 0.15) is 0 Å². The summed E-state index contributed by atoms with van der Waals surface area (Å²) in [5.41, 5.74) is 7.66. The first kappa shape index (κ1) is 29.5. The average molecular weight is 572 g/mol. The number of nitrogens with zero attached hydrogens (tertiary/aromatic N) is 2. The number of ether oxygens (including phenoxy) is 3. The first-order valence-electron chi connectivity index (χ1n) is 14.6. The molecule has 222 valence electrons. The van der Waals surface area contributed by atoms with Crippen molar-refractivity contribution in [3.05, 3.63) is 89.5 Å². The van der Waals surface area contributed by atoms with Crippen LogP contribution >= 0.6 is 0 Å². The molecule has 0 aliphatic carbocycles. The van der Waals surface area contributed by atoms with Crippen LogP contribution in [-0.2, 0) is 15.6 Å². The second-order valence-corrected chi connectivity index (χ2v) is 11.3. The highest BCUT2D eigenvalue weighted by molar-refractivity contribution is 5.96. The molecular formula is C34H41N3O5. The zero-order valence-corrected chi connectivity index (χ0v) is 25.0. The van der Waals surface area contributed by atoms with Gasteiger partial charge < -0.3 is 24.8 Å². The number of likely N-dealkylation sites (tertiary alicyclic amines) is 2. The number of methoxy groups -OCH3 is 3. The molecule has 42 heavy (non-hydrogen) atoms. The summed E-state index contributed by atoms with van der Waals surface area (Å²) in [5, 5.41) is 0. The van der Waals surface area contributed by atoms with Crippen molar-refractivity contribution in [3.63, 3.8) is 0 Å². The second kappa shape index (κ2) is 12.1. The zero-order chi connectivity index (χ0) is 29.9. The summed E-state index contributed by atoms with van der Waals surface area (Å²) in [6.45, 7) is 4.84. The minimum absolute atomic E-state index is 0.0101. The quantitative estimate of drug-likeness (QED) is 0.409. The molecule has 2 amide bonds. The van der Waals surface area contributed by atoms with E-state index in [2.05, 4.69) is 36.1 Å². The summed E-state index contributed by atoms with van der Waals surface area (Å²) in [4.78, 5) is 31.8. The summed E-state index contributed by atoms with van der Waals surface area (Å²) in [5.74, 6) is 0.928. The van der Waals surface area contributed by atoms with E-state index >= 15 is 0 Å². The van der Waals surface area contributed by atoms with E-state index in [0.29, 0.717) is 48.7 Å². The van der Waals surface area contributed by atoms with Crippen molar-refractivity contribution in [1.29, 1.82) is 0 Å². The molecule has 0 aromatic heterocycles. The molecule has 2 N–H and O–H groups in total. The molecule has 0 bridgehead atoms. The molecule has 2 heterocycles. The Kier molecular flexibility index (Phi) is 8.45. The van der Waals surface area contributed by atoms with E-state index in [4.69, 9.17) is 19.9 Å². The second-order valence-electron chi connectivity index (χ2n) is 11.3. The first-order valence-corrected chi connectivity index (χ1v) is 14.6. The van der Waals surface area contributed by atoms with Crippen LogP contribution in [0.1, 0.15) is 47.7 Å². The molecule has 2 aliphatic rings. The van der Waals surface area contributed by atoms with E-state index in [9.17, 15) is 9.59 Å². The number of primary amides is 1. The van der Waals surface area contributed by atoms with E-state index in [1.165, 1.54) is 5.56 Å². The Morgan fingerprint density at radius 1 is 0.857 bits per heavy atom. The molecule has 0 saturated carbocycles. The summed E-state index contributed by atoms with van der Waals surface area (Å²) in [6, 6.07) is 23.8. The molecule has 3 aromatic carbocycles. The third kappa shape index (κ3) is 4.98. The Morgan fingerprint density at radius 3 is 1.98 bits per heavy atom. The van der Waals surface area contributed by atoms with Gasteiger partial charge in [0.25, 0.3) is 5.91 Å². The third-order valence-electron chi connectivity index (χ3n) is 9.50.